The first-order valence-electron chi connectivity index (χ1n) is 9.63. The fourth-order valence-electron chi connectivity index (χ4n) is 2.88. The number of benzene rings is 2. The monoisotopic (exact) mass is 476 g/mol. The van der Waals surface area contributed by atoms with Crippen molar-refractivity contribution in [1.82, 2.24) is 15.0 Å². The lowest BCUT2D eigenvalue weighted by Gasteiger charge is -2.17. The Hall–Kier alpha value is -3.22. The van der Waals surface area contributed by atoms with Crippen LogP contribution in [0.25, 0.3) is 10.2 Å². The number of amides is 2. The highest BCUT2D eigenvalue weighted by Gasteiger charge is 2.17. The van der Waals surface area contributed by atoms with E-state index >= 15 is 0 Å². The predicted octanol–water partition coefficient (Wildman–Crippen LogP) is 1.41. The lowest BCUT2D eigenvalue weighted by molar-refractivity contribution is -0.123. The van der Waals surface area contributed by atoms with Gasteiger partial charge in [0, 0.05) is 12.1 Å². The van der Waals surface area contributed by atoms with Crippen LogP contribution in [0.2, 0.25) is 0 Å². The van der Waals surface area contributed by atoms with E-state index in [0.717, 1.165) is 10.3 Å². The van der Waals surface area contributed by atoms with Crippen LogP contribution in [0.4, 0.5) is 5.13 Å². The first-order valence-corrected chi connectivity index (χ1v) is 11.9. The fourth-order valence-corrected chi connectivity index (χ4v) is 4.76. The Bertz CT molecular complexity index is 1230. The molecule has 3 aromatic rings. The number of thiazole rings is 1. The van der Waals surface area contributed by atoms with Gasteiger partial charge in [0.15, 0.2) is 16.6 Å². The molecule has 1 aliphatic rings. The van der Waals surface area contributed by atoms with Crippen LogP contribution in [0, 0.1) is 6.92 Å². The Morgan fingerprint density at radius 3 is 2.44 bits per heavy atom. The molecule has 12 heteroatoms. The number of fused-ring (bicyclic) bond motifs is 2. The van der Waals surface area contributed by atoms with Crippen LogP contribution >= 0.6 is 11.3 Å². The molecule has 1 aliphatic heterocycles. The summed E-state index contributed by atoms with van der Waals surface area (Å²) in [4.78, 5) is 28.5. The number of aromatic nitrogens is 1. The summed E-state index contributed by atoms with van der Waals surface area (Å²) in [5, 5.41) is 5.35. The number of aryl methyl sites for hydroxylation is 1. The van der Waals surface area contributed by atoms with Crippen LogP contribution in [-0.4, -0.2) is 51.5 Å². The van der Waals surface area contributed by atoms with Gasteiger partial charge in [-0.1, -0.05) is 29.0 Å². The third-order valence-electron chi connectivity index (χ3n) is 4.50. The number of anilines is 1. The molecule has 168 valence electrons. The van der Waals surface area contributed by atoms with Crippen LogP contribution in [0.3, 0.4) is 0 Å². The third-order valence-corrected chi connectivity index (χ3v) is 6.85. The van der Waals surface area contributed by atoms with Crippen molar-refractivity contribution < 1.29 is 27.5 Å². The normalized spacial score (nSPS) is 13.0. The minimum absolute atomic E-state index is 0.0574. The molecule has 0 bridgehead atoms. The number of nitrogens with one attached hydrogen (secondary N) is 3. The molecule has 0 unspecified atom stereocenters. The van der Waals surface area contributed by atoms with Crippen molar-refractivity contribution in [3.05, 3.63) is 42.0 Å². The number of rotatable bonds is 7. The topological polar surface area (TPSA) is 136 Å². The Labute approximate surface area is 188 Å². The quantitative estimate of drug-likeness (QED) is 0.469. The second-order valence-corrected chi connectivity index (χ2v) is 9.74. The van der Waals surface area contributed by atoms with E-state index < -0.39 is 28.4 Å². The summed E-state index contributed by atoms with van der Waals surface area (Å²) < 4.78 is 38.5. The zero-order valence-electron chi connectivity index (χ0n) is 17.0. The number of hydrogen-bond donors (Lipinski definition) is 3. The highest BCUT2D eigenvalue weighted by atomic mass is 32.2. The maximum absolute atomic E-state index is 12.2. The second kappa shape index (κ2) is 9.10. The summed E-state index contributed by atoms with van der Waals surface area (Å²) in [7, 11) is -3.82. The number of carbonyl (C=O) groups excluding carboxylic acids is 2. The Kier molecular flexibility index (Phi) is 6.26. The molecule has 0 aliphatic carbocycles. The number of carbonyl (C=O) groups is 2. The van der Waals surface area contributed by atoms with Gasteiger partial charge in [0.1, 0.15) is 13.2 Å². The van der Waals surface area contributed by atoms with Crippen LogP contribution in [0.1, 0.15) is 5.56 Å². The maximum Gasteiger partial charge on any atom is 0.245 e. The summed E-state index contributed by atoms with van der Waals surface area (Å²) in [5.74, 6) is 0.107. The number of ether oxygens (including phenoxy) is 2. The largest absolute Gasteiger partial charge is 0.486 e. The van der Waals surface area contributed by atoms with Gasteiger partial charge in [-0.05, 0) is 19.1 Å². The Morgan fingerprint density at radius 1 is 1.03 bits per heavy atom. The summed E-state index contributed by atoms with van der Waals surface area (Å²) in [6.07, 6.45) is 0. The molecular formula is C20H20N4O6S2. The van der Waals surface area contributed by atoms with Crippen LogP contribution < -0.4 is 24.8 Å². The van der Waals surface area contributed by atoms with Gasteiger partial charge in [-0.2, -0.15) is 0 Å². The second-order valence-electron chi connectivity index (χ2n) is 6.95. The van der Waals surface area contributed by atoms with Crippen molar-refractivity contribution >= 4 is 48.5 Å². The molecule has 0 atom stereocenters. The molecule has 2 aromatic carbocycles. The molecule has 0 radical (unpaired) electrons. The SMILES string of the molecule is Cc1ccc(S(=O)(=O)NCC(=O)NCC(=O)Nc2nc3cc4c(cc3s2)OCCO4)cc1. The first kappa shape index (κ1) is 22.0. The minimum Gasteiger partial charge on any atom is -0.486 e. The average molecular weight is 477 g/mol. The van der Waals surface area contributed by atoms with Crippen molar-refractivity contribution in [2.75, 3.05) is 31.6 Å². The number of nitrogens with zero attached hydrogens (tertiary/aromatic N) is 1. The van der Waals surface area contributed by atoms with E-state index in [4.69, 9.17) is 9.47 Å². The van der Waals surface area contributed by atoms with Gasteiger partial charge in [-0.25, -0.2) is 18.1 Å². The van der Waals surface area contributed by atoms with Crippen molar-refractivity contribution in [2.45, 2.75) is 11.8 Å². The predicted molar refractivity (Wildman–Crippen MR) is 119 cm³/mol. The summed E-state index contributed by atoms with van der Waals surface area (Å²) in [5.41, 5.74) is 1.58. The zero-order chi connectivity index (χ0) is 22.7. The third kappa shape index (κ3) is 5.15. The Balaban J connectivity index is 1.28. The van der Waals surface area contributed by atoms with Gasteiger partial charge >= 0.3 is 0 Å². The van der Waals surface area contributed by atoms with Gasteiger partial charge in [0.25, 0.3) is 0 Å². The van der Waals surface area contributed by atoms with Gasteiger partial charge in [-0.3, -0.25) is 9.59 Å². The van der Waals surface area contributed by atoms with Crippen molar-refractivity contribution in [3.8, 4) is 11.5 Å². The van der Waals surface area contributed by atoms with Gasteiger partial charge in [0.2, 0.25) is 21.8 Å². The summed E-state index contributed by atoms with van der Waals surface area (Å²) in [6, 6.07) is 9.79. The minimum atomic E-state index is -3.82. The highest BCUT2D eigenvalue weighted by molar-refractivity contribution is 7.89. The zero-order valence-corrected chi connectivity index (χ0v) is 18.6. The van der Waals surface area contributed by atoms with Gasteiger partial charge in [0.05, 0.1) is 28.2 Å². The smallest absolute Gasteiger partial charge is 0.245 e. The lowest BCUT2D eigenvalue weighted by Crippen LogP contribution is -2.40. The molecular weight excluding hydrogens is 456 g/mol. The molecule has 0 saturated carbocycles. The van der Waals surface area contributed by atoms with Crippen molar-refractivity contribution in [3.63, 3.8) is 0 Å². The van der Waals surface area contributed by atoms with Crippen LogP contribution in [0.5, 0.6) is 11.5 Å². The van der Waals surface area contributed by atoms with Gasteiger partial charge in [-0.15, -0.1) is 0 Å². The molecule has 0 saturated heterocycles. The van der Waals surface area contributed by atoms with E-state index in [-0.39, 0.29) is 11.4 Å². The fraction of sp³-hybridized carbons (Fsp3) is 0.250. The van der Waals surface area contributed by atoms with E-state index in [2.05, 4.69) is 20.3 Å². The summed E-state index contributed by atoms with van der Waals surface area (Å²) >= 11 is 1.26. The van der Waals surface area contributed by atoms with E-state index in [1.807, 2.05) is 6.92 Å². The lowest BCUT2D eigenvalue weighted by atomic mass is 10.2. The van der Waals surface area contributed by atoms with Crippen LogP contribution in [0.15, 0.2) is 41.3 Å². The Morgan fingerprint density at radius 2 is 1.72 bits per heavy atom. The van der Waals surface area contributed by atoms with Crippen LogP contribution in [-0.2, 0) is 19.6 Å². The van der Waals surface area contributed by atoms with E-state index in [1.54, 1.807) is 24.3 Å². The first-order chi connectivity index (χ1) is 15.3. The average Bonchev–Trinajstić information content (AvgIpc) is 3.15. The molecule has 3 N–H and O–H groups in total. The molecule has 1 aromatic heterocycles. The van der Waals surface area contributed by atoms with E-state index in [0.29, 0.717) is 35.4 Å². The molecule has 0 spiro atoms. The maximum atomic E-state index is 12.2. The highest BCUT2D eigenvalue weighted by Crippen LogP contribution is 2.37. The number of hydrogen-bond acceptors (Lipinski definition) is 8. The van der Waals surface area contributed by atoms with E-state index in [1.165, 1.54) is 23.5 Å². The molecule has 4 rings (SSSR count). The molecule has 2 amide bonds. The molecule has 10 nitrogen and oxygen atoms in total. The van der Waals surface area contributed by atoms with Crippen molar-refractivity contribution in [2.24, 2.45) is 0 Å². The molecule has 0 fully saturated rings. The van der Waals surface area contributed by atoms with E-state index in [9.17, 15) is 18.0 Å². The molecule has 32 heavy (non-hydrogen) atoms. The summed E-state index contributed by atoms with van der Waals surface area (Å²) in [6.45, 7) is 1.96. The standard InChI is InChI=1S/C20H20N4O6S2/c1-12-2-4-13(5-3-12)32(27,28)22-11-18(25)21-10-19(26)24-20-23-14-8-15-16(9-17(14)31-20)30-7-6-29-15/h2-5,8-9,22H,6-7,10-11H2,1H3,(H,21,25)(H,23,24,26). The molecule has 2 heterocycles. The van der Waals surface area contributed by atoms with Crippen molar-refractivity contribution in [1.29, 1.82) is 0 Å². The van der Waals surface area contributed by atoms with Gasteiger partial charge < -0.3 is 20.1 Å². The number of sulfonamides is 1.